The van der Waals surface area contributed by atoms with Crippen LogP contribution >= 0.6 is 0 Å². The van der Waals surface area contributed by atoms with Crippen LogP contribution in [0.4, 0.5) is 5.69 Å². The van der Waals surface area contributed by atoms with Crippen LogP contribution in [-0.4, -0.2) is 33.6 Å². The summed E-state index contributed by atoms with van der Waals surface area (Å²) in [5.41, 5.74) is 3.14. The molecule has 0 radical (unpaired) electrons. The van der Waals surface area contributed by atoms with Gasteiger partial charge in [-0.3, -0.25) is 9.00 Å². The van der Waals surface area contributed by atoms with Crippen molar-refractivity contribution in [3.05, 3.63) is 71.6 Å². The third-order valence-corrected chi connectivity index (χ3v) is 7.13. The van der Waals surface area contributed by atoms with Crippen molar-refractivity contribution in [3.63, 3.8) is 0 Å². The quantitative estimate of drug-likeness (QED) is 0.596. The predicted octanol–water partition coefficient (Wildman–Crippen LogP) is 4.26. The average Bonchev–Trinajstić information content (AvgIpc) is 3.15. The lowest BCUT2D eigenvalue weighted by atomic mass is 10.2. The zero-order valence-electron chi connectivity index (χ0n) is 17.5. The highest BCUT2D eigenvalue weighted by Crippen LogP contribution is 2.22. The molecule has 1 unspecified atom stereocenters. The van der Waals surface area contributed by atoms with Crippen molar-refractivity contribution in [2.75, 3.05) is 18.5 Å². The molecule has 3 aromatic rings. The molecular weight excluding hydrogens is 412 g/mol. The van der Waals surface area contributed by atoms with Crippen molar-refractivity contribution in [3.8, 4) is 11.5 Å². The van der Waals surface area contributed by atoms with Gasteiger partial charge in [-0.2, -0.15) is 0 Å². The molecule has 1 atom stereocenters. The highest BCUT2D eigenvalue weighted by atomic mass is 32.2. The minimum Gasteiger partial charge on any atom is -0.441 e. The number of hydrogen-bond acceptors (Lipinski definition) is 5. The lowest BCUT2D eigenvalue weighted by Gasteiger charge is -2.21. The summed E-state index contributed by atoms with van der Waals surface area (Å²) < 4.78 is 23.7. The maximum absolute atomic E-state index is 12.6. The van der Waals surface area contributed by atoms with Crippen molar-refractivity contribution in [2.45, 2.75) is 37.2 Å². The van der Waals surface area contributed by atoms with E-state index < -0.39 is 10.8 Å². The maximum Gasteiger partial charge on any atom is 0.230 e. The first-order valence-corrected chi connectivity index (χ1v) is 11.8. The maximum atomic E-state index is 12.6. The van der Waals surface area contributed by atoms with Crippen molar-refractivity contribution in [2.24, 2.45) is 0 Å². The number of nitrogens with zero attached hydrogens (tertiary/aromatic N) is 1. The first kappa shape index (κ1) is 21.5. The second-order valence-electron chi connectivity index (χ2n) is 7.65. The summed E-state index contributed by atoms with van der Waals surface area (Å²) in [6, 6.07) is 17.2. The van der Waals surface area contributed by atoms with Crippen LogP contribution in [0.5, 0.6) is 0 Å². The second kappa shape index (κ2) is 10.0. The Morgan fingerprint density at radius 2 is 1.90 bits per heavy atom. The van der Waals surface area contributed by atoms with E-state index in [0.29, 0.717) is 42.0 Å². The number of nitrogens with one attached hydrogen (secondary N) is 1. The molecule has 2 heterocycles. The molecular formula is C24H26N2O4S. The summed E-state index contributed by atoms with van der Waals surface area (Å²) in [4.78, 5) is 17.1. The smallest absolute Gasteiger partial charge is 0.230 e. The molecule has 162 valence electrons. The zero-order chi connectivity index (χ0) is 21.6. The summed E-state index contributed by atoms with van der Waals surface area (Å²) >= 11 is 0. The molecule has 1 aliphatic rings. The molecule has 6 nitrogen and oxygen atoms in total. The Morgan fingerprint density at radius 3 is 2.68 bits per heavy atom. The van der Waals surface area contributed by atoms with Gasteiger partial charge in [0.05, 0.1) is 12.1 Å². The van der Waals surface area contributed by atoms with E-state index in [9.17, 15) is 9.00 Å². The summed E-state index contributed by atoms with van der Waals surface area (Å²) in [5.74, 6) is 1.46. The number of hydrogen-bond donors (Lipinski definition) is 1. The first-order chi connectivity index (χ1) is 15.1. The first-order valence-electron chi connectivity index (χ1n) is 10.4. The van der Waals surface area contributed by atoms with Gasteiger partial charge in [-0.15, -0.1) is 0 Å². The molecule has 1 saturated heterocycles. The van der Waals surface area contributed by atoms with Crippen LogP contribution in [0.15, 0.2) is 59.0 Å². The Balaban J connectivity index is 1.37. The number of anilines is 1. The summed E-state index contributed by atoms with van der Waals surface area (Å²) in [5, 5.41) is 3.10. The molecule has 1 amide bonds. The SMILES string of the molecule is Cc1oc(-c2ccccc2)nc1CC(=O)Nc1cccc(CS(=O)C2CCOCC2)c1. The van der Waals surface area contributed by atoms with Crippen molar-refractivity contribution in [1.82, 2.24) is 4.98 Å². The van der Waals surface area contributed by atoms with E-state index in [1.54, 1.807) is 0 Å². The fourth-order valence-electron chi connectivity index (χ4n) is 3.61. The molecule has 1 aliphatic heterocycles. The van der Waals surface area contributed by atoms with Gasteiger partial charge in [-0.25, -0.2) is 4.98 Å². The number of aromatic nitrogens is 1. The van der Waals surface area contributed by atoms with E-state index in [0.717, 1.165) is 24.0 Å². The third-order valence-electron chi connectivity index (χ3n) is 5.30. The van der Waals surface area contributed by atoms with Crippen LogP contribution in [-0.2, 0) is 32.5 Å². The summed E-state index contributed by atoms with van der Waals surface area (Å²) in [6.07, 6.45) is 1.80. The lowest BCUT2D eigenvalue weighted by Crippen LogP contribution is -2.25. The molecule has 31 heavy (non-hydrogen) atoms. The van der Waals surface area contributed by atoms with E-state index >= 15 is 0 Å². The van der Waals surface area contributed by atoms with Gasteiger partial charge in [-0.1, -0.05) is 30.3 Å². The Kier molecular flexibility index (Phi) is 6.94. The number of oxazole rings is 1. The van der Waals surface area contributed by atoms with Gasteiger partial charge in [0.15, 0.2) is 0 Å². The van der Waals surface area contributed by atoms with Crippen LogP contribution in [0.25, 0.3) is 11.5 Å². The molecule has 1 N–H and O–H groups in total. The van der Waals surface area contributed by atoms with Gasteiger partial charge in [-0.05, 0) is 49.6 Å². The zero-order valence-corrected chi connectivity index (χ0v) is 18.3. The van der Waals surface area contributed by atoms with E-state index in [4.69, 9.17) is 9.15 Å². The number of benzene rings is 2. The van der Waals surface area contributed by atoms with Gasteiger partial charge in [0.2, 0.25) is 11.8 Å². The summed E-state index contributed by atoms with van der Waals surface area (Å²) in [7, 11) is -0.944. The molecule has 4 rings (SSSR count). The largest absolute Gasteiger partial charge is 0.441 e. The minimum atomic E-state index is -0.944. The van der Waals surface area contributed by atoms with E-state index in [-0.39, 0.29) is 17.6 Å². The van der Waals surface area contributed by atoms with Crippen LogP contribution in [0.1, 0.15) is 29.9 Å². The van der Waals surface area contributed by atoms with Crippen LogP contribution < -0.4 is 5.32 Å². The van der Waals surface area contributed by atoms with Crippen LogP contribution in [0, 0.1) is 6.92 Å². The number of rotatable bonds is 7. The molecule has 7 heteroatoms. The predicted molar refractivity (Wildman–Crippen MR) is 121 cm³/mol. The molecule has 0 bridgehead atoms. The standard InChI is InChI=1S/C24H26N2O4S/c1-17-22(26-24(30-17)19-7-3-2-4-8-19)15-23(27)25-20-9-5-6-18(14-20)16-31(28)21-10-12-29-13-11-21/h2-9,14,21H,10-13,15-16H2,1H3,(H,25,27). The average molecular weight is 439 g/mol. The van der Waals surface area contributed by atoms with E-state index in [1.807, 2.05) is 61.5 Å². The van der Waals surface area contributed by atoms with Crippen molar-refractivity contribution >= 4 is 22.4 Å². The molecule has 2 aromatic carbocycles. The van der Waals surface area contributed by atoms with Gasteiger partial charge < -0.3 is 14.5 Å². The van der Waals surface area contributed by atoms with Crippen LogP contribution in [0.2, 0.25) is 0 Å². The Bertz CT molecular complexity index is 1060. The van der Waals surface area contributed by atoms with Gasteiger partial charge >= 0.3 is 0 Å². The highest BCUT2D eigenvalue weighted by Gasteiger charge is 2.20. The number of carbonyl (C=O) groups excluding carboxylic acids is 1. The molecule has 0 saturated carbocycles. The Hall–Kier alpha value is -2.77. The number of carbonyl (C=O) groups is 1. The molecule has 0 spiro atoms. The number of aryl methyl sites for hydroxylation is 1. The van der Waals surface area contributed by atoms with Gasteiger partial charge in [0.1, 0.15) is 5.76 Å². The van der Waals surface area contributed by atoms with Crippen LogP contribution in [0.3, 0.4) is 0 Å². The normalized spacial score (nSPS) is 15.5. The topological polar surface area (TPSA) is 81.4 Å². The lowest BCUT2D eigenvalue weighted by molar-refractivity contribution is -0.115. The van der Waals surface area contributed by atoms with E-state index in [2.05, 4.69) is 10.3 Å². The fraction of sp³-hybridized carbons (Fsp3) is 0.333. The Labute approximate surface area is 184 Å². The van der Waals surface area contributed by atoms with Gasteiger partial charge in [0, 0.05) is 46.3 Å². The monoisotopic (exact) mass is 438 g/mol. The molecule has 0 aliphatic carbocycles. The highest BCUT2D eigenvalue weighted by molar-refractivity contribution is 7.84. The van der Waals surface area contributed by atoms with Crippen molar-refractivity contribution in [1.29, 1.82) is 0 Å². The fourth-order valence-corrected chi connectivity index (χ4v) is 5.08. The molecule has 1 aromatic heterocycles. The third kappa shape index (κ3) is 5.68. The molecule has 1 fully saturated rings. The minimum absolute atomic E-state index is 0.125. The van der Waals surface area contributed by atoms with Crippen molar-refractivity contribution < 1.29 is 18.2 Å². The second-order valence-corrected chi connectivity index (χ2v) is 9.37. The number of amides is 1. The summed E-state index contributed by atoms with van der Waals surface area (Å²) in [6.45, 7) is 3.17. The Morgan fingerprint density at radius 1 is 1.13 bits per heavy atom. The van der Waals surface area contributed by atoms with Gasteiger partial charge in [0.25, 0.3) is 0 Å². The number of ether oxygens (including phenoxy) is 1. The van der Waals surface area contributed by atoms with E-state index in [1.165, 1.54) is 0 Å².